The number of furan rings is 1. The van der Waals surface area contributed by atoms with E-state index < -0.39 is 0 Å². The van der Waals surface area contributed by atoms with Gasteiger partial charge in [-0.25, -0.2) is 9.97 Å². The fourth-order valence-corrected chi connectivity index (χ4v) is 3.60. The number of hydrogen-bond acceptors (Lipinski definition) is 8. The van der Waals surface area contributed by atoms with Crippen molar-refractivity contribution in [3.05, 3.63) is 54.1 Å². The van der Waals surface area contributed by atoms with Gasteiger partial charge in [-0.05, 0) is 26.0 Å². The summed E-state index contributed by atoms with van der Waals surface area (Å²) in [5, 5.41) is 9.45. The summed E-state index contributed by atoms with van der Waals surface area (Å²) in [6.45, 7) is 7.21. The first kappa shape index (κ1) is 17.5. The first-order valence-corrected chi connectivity index (χ1v) is 9.66. The molecule has 0 radical (unpaired) electrons. The van der Waals surface area contributed by atoms with Crippen LogP contribution in [0.5, 0.6) is 0 Å². The van der Waals surface area contributed by atoms with Crippen molar-refractivity contribution in [1.29, 1.82) is 0 Å². The second-order valence-corrected chi connectivity index (χ2v) is 7.18. The van der Waals surface area contributed by atoms with Crippen LogP contribution in [0.1, 0.15) is 11.4 Å². The zero-order chi connectivity index (χ0) is 19.8. The van der Waals surface area contributed by atoms with Gasteiger partial charge in [-0.1, -0.05) is 18.2 Å². The molecule has 0 atom stereocenters. The number of aromatic nitrogens is 5. The van der Waals surface area contributed by atoms with Crippen LogP contribution in [0.4, 0.5) is 11.8 Å². The Labute approximate surface area is 168 Å². The van der Waals surface area contributed by atoms with Gasteiger partial charge in [0, 0.05) is 37.8 Å². The van der Waals surface area contributed by atoms with Gasteiger partial charge in [-0.15, -0.1) is 5.10 Å². The Morgan fingerprint density at radius 1 is 0.931 bits per heavy atom. The van der Waals surface area contributed by atoms with Crippen LogP contribution in [0.3, 0.4) is 0 Å². The van der Waals surface area contributed by atoms with E-state index in [9.17, 15) is 0 Å². The van der Waals surface area contributed by atoms with E-state index in [1.807, 2.05) is 44.2 Å². The van der Waals surface area contributed by atoms with Crippen LogP contribution in [-0.4, -0.2) is 51.3 Å². The number of rotatable bonds is 3. The van der Waals surface area contributed by atoms with Gasteiger partial charge in [0.15, 0.2) is 5.76 Å². The number of nitrogens with zero attached hydrogens (tertiary/aromatic N) is 7. The Morgan fingerprint density at radius 3 is 2.55 bits per heavy atom. The summed E-state index contributed by atoms with van der Waals surface area (Å²) >= 11 is 0. The quantitative estimate of drug-likeness (QED) is 0.530. The van der Waals surface area contributed by atoms with Crippen LogP contribution in [0.15, 0.2) is 47.1 Å². The molecule has 1 aromatic carbocycles. The van der Waals surface area contributed by atoms with E-state index in [4.69, 9.17) is 9.40 Å². The molecule has 0 bridgehead atoms. The van der Waals surface area contributed by atoms with Crippen molar-refractivity contribution in [2.45, 2.75) is 13.8 Å². The molecule has 1 saturated heterocycles. The van der Waals surface area contributed by atoms with Gasteiger partial charge in [0.2, 0.25) is 5.95 Å². The summed E-state index contributed by atoms with van der Waals surface area (Å²) in [6, 6.07) is 9.90. The highest BCUT2D eigenvalue weighted by molar-refractivity contribution is 5.82. The molecule has 0 spiro atoms. The molecule has 0 N–H and O–H groups in total. The monoisotopic (exact) mass is 387 g/mol. The van der Waals surface area contributed by atoms with E-state index >= 15 is 0 Å². The number of fused-ring (bicyclic) bond motifs is 1. The lowest BCUT2D eigenvalue weighted by Crippen LogP contribution is -2.47. The van der Waals surface area contributed by atoms with Crippen molar-refractivity contribution in [2.75, 3.05) is 36.0 Å². The average Bonchev–Trinajstić information content (AvgIpc) is 3.20. The second-order valence-electron chi connectivity index (χ2n) is 7.18. The highest BCUT2D eigenvalue weighted by Gasteiger charge is 2.22. The Balaban J connectivity index is 1.35. The smallest absolute Gasteiger partial charge is 0.246 e. The van der Waals surface area contributed by atoms with Crippen LogP contribution in [-0.2, 0) is 0 Å². The summed E-state index contributed by atoms with van der Waals surface area (Å²) in [5.41, 5.74) is 3.41. The van der Waals surface area contributed by atoms with Gasteiger partial charge in [-0.2, -0.15) is 5.10 Å². The fourth-order valence-electron chi connectivity index (χ4n) is 3.60. The van der Waals surface area contributed by atoms with Crippen LogP contribution in [0.25, 0.3) is 22.4 Å². The van der Waals surface area contributed by atoms with Gasteiger partial charge in [0.1, 0.15) is 17.1 Å². The van der Waals surface area contributed by atoms with E-state index in [-0.39, 0.29) is 0 Å². The molecule has 29 heavy (non-hydrogen) atoms. The van der Waals surface area contributed by atoms with E-state index in [2.05, 4.69) is 30.0 Å². The van der Waals surface area contributed by atoms with Gasteiger partial charge < -0.3 is 14.2 Å². The Kier molecular flexibility index (Phi) is 4.31. The molecule has 1 aliphatic rings. The van der Waals surface area contributed by atoms with Crippen molar-refractivity contribution >= 4 is 22.7 Å². The molecule has 0 aliphatic carbocycles. The summed E-state index contributed by atoms with van der Waals surface area (Å²) in [5.74, 6) is 2.28. The van der Waals surface area contributed by atoms with Crippen molar-refractivity contribution in [1.82, 2.24) is 25.1 Å². The van der Waals surface area contributed by atoms with Crippen LogP contribution < -0.4 is 9.80 Å². The molecular weight excluding hydrogens is 366 g/mol. The number of para-hydroxylation sites is 1. The molecule has 5 rings (SSSR count). The highest BCUT2D eigenvalue weighted by Crippen LogP contribution is 2.27. The third-order valence-corrected chi connectivity index (χ3v) is 5.14. The third-order valence-electron chi connectivity index (χ3n) is 5.14. The minimum atomic E-state index is 0.620. The lowest BCUT2D eigenvalue weighted by molar-refractivity contribution is 0.616. The van der Waals surface area contributed by atoms with Gasteiger partial charge >= 0.3 is 0 Å². The number of aryl methyl sites for hydroxylation is 2. The fraction of sp³-hybridized carbons (Fsp3) is 0.286. The summed E-state index contributed by atoms with van der Waals surface area (Å²) in [7, 11) is 0. The lowest BCUT2D eigenvalue weighted by atomic mass is 10.2. The first-order valence-electron chi connectivity index (χ1n) is 9.66. The number of benzene rings is 1. The van der Waals surface area contributed by atoms with Crippen molar-refractivity contribution in [3.8, 4) is 11.5 Å². The molecule has 8 heteroatoms. The van der Waals surface area contributed by atoms with Crippen LogP contribution in [0.2, 0.25) is 0 Å². The van der Waals surface area contributed by atoms with E-state index in [1.54, 1.807) is 12.4 Å². The molecule has 146 valence electrons. The maximum Gasteiger partial charge on any atom is 0.246 e. The SMILES string of the molecule is Cc1cnc(C)c(N2CCN(c3nncc(-c4cc5ccccc5o4)n3)CC2)n1. The number of anilines is 2. The zero-order valence-corrected chi connectivity index (χ0v) is 16.4. The Hall–Kier alpha value is -3.55. The van der Waals surface area contributed by atoms with Crippen LogP contribution in [0, 0.1) is 13.8 Å². The number of hydrogen-bond donors (Lipinski definition) is 0. The van der Waals surface area contributed by atoms with Crippen molar-refractivity contribution in [2.24, 2.45) is 0 Å². The molecular formula is C21H21N7O. The maximum absolute atomic E-state index is 5.92. The molecule has 4 heterocycles. The number of piperazine rings is 1. The molecule has 8 nitrogen and oxygen atoms in total. The normalized spacial score (nSPS) is 14.6. The summed E-state index contributed by atoms with van der Waals surface area (Å²) < 4.78 is 5.92. The van der Waals surface area contributed by atoms with E-state index in [1.165, 1.54) is 0 Å². The van der Waals surface area contributed by atoms with Gasteiger partial charge in [-0.3, -0.25) is 4.98 Å². The van der Waals surface area contributed by atoms with E-state index in [0.717, 1.165) is 54.4 Å². The van der Waals surface area contributed by atoms with Crippen LogP contribution >= 0.6 is 0 Å². The lowest BCUT2D eigenvalue weighted by Gasteiger charge is -2.35. The van der Waals surface area contributed by atoms with Crippen molar-refractivity contribution < 1.29 is 4.42 Å². The molecule has 0 saturated carbocycles. The average molecular weight is 387 g/mol. The standard InChI is InChI=1S/C21H21N7O/c1-14-12-22-15(2)20(24-14)27-7-9-28(10-8-27)21-25-17(13-23-26-21)19-11-16-5-3-4-6-18(16)29-19/h3-6,11-13H,7-10H2,1-2H3. The third kappa shape index (κ3) is 3.37. The predicted molar refractivity (Wildman–Crippen MR) is 111 cm³/mol. The highest BCUT2D eigenvalue weighted by atomic mass is 16.3. The Bertz CT molecular complexity index is 1130. The summed E-state index contributed by atoms with van der Waals surface area (Å²) in [4.78, 5) is 18.2. The summed E-state index contributed by atoms with van der Waals surface area (Å²) in [6.07, 6.45) is 3.45. The second kappa shape index (κ2) is 7.12. The largest absolute Gasteiger partial charge is 0.454 e. The molecule has 0 amide bonds. The van der Waals surface area contributed by atoms with E-state index in [0.29, 0.717) is 17.4 Å². The minimum absolute atomic E-state index is 0.620. The first-order chi connectivity index (χ1) is 14.2. The topological polar surface area (TPSA) is 84.1 Å². The van der Waals surface area contributed by atoms with Crippen molar-refractivity contribution in [3.63, 3.8) is 0 Å². The minimum Gasteiger partial charge on any atom is -0.454 e. The molecule has 1 fully saturated rings. The molecule has 0 unspecified atom stereocenters. The predicted octanol–water partition coefficient (Wildman–Crippen LogP) is 3.02. The maximum atomic E-state index is 5.92. The zero-order valence-electron chi connectivity index (χ0n) is 16.4. The molecule has 1 aliphatic heterocycles. The van der Waals surface area contributed by atoms with Gasteiger partial charge in [0.25, 0.3) is 0 Å². The molecule has 3 aromatic heterocycles. The molecule has 4 aromatic rings. The van der Waals surface area contributed by atoms with Gasteiger partial charge in [0.05, 0.1) is 17.6 Å². The Morgan fingerprint density at radius 2 is 1.72 bits per heavy atom.